The van der Waals surface area contributed by atoms with Gasteiger partial charge in [-0.2, -0.15) is 0 Å². The molecule has 9 heteroatoms. The first kappa shape index (κ1) is 27.9. The van der Waals surface area contributed by atoms with Crippen LogP contribution in [-0.4, -0.2) is 106 Å². The summed E-state index contributed by atoms with van der Waals surface area (Å²) in [6.07, 6.45) is 5.37. The van der Waals surface area contributed by atoms with E-state index in [1.54, 1.807) is 12.4 Å². The lowest BCUT2D eigenvalue weighted by molar-refractivity contribution is -0.133. The van der Waals surface area contributed by atoms with Crippen LogP contribution in [0.4, 0.5) is 11.5 Å². The summed E-state index contributed by atoms with van der Waals surface area (Å²) >= 11 is 0. The second kappa shape index (κ2) is 12.1. The molecule has 1 unspecified atom stereocenters. The first-order valence-electron chi connectivity index (χ1n) is 13.8. The maximum atomic E-state index is 13.5. The quantitative estimate of drug-likeness (QED) is 0.439. The molecule has 206 valence electrons. The molecule has 1 amide bonds. The number of aromatic nitrogens is 3. The van der Waals surface area contributed by atoms with E-state index in [4.69, 9.17) is 4.98 Å². The Bertz CT molecular complexity index is 1190. The highest BCUT2D eigenvalue weighted by Gasteiger charge is 2.27. The van der Waals surface area contributed by atoms with Crippen LogP contribution in [0.2, 0.25) is 0 Å². The number of nitrogens with one attached hydrogen (secondary N) is 1. The predicted molar refractivity (Wildman–Crippen MR) is 156 cm³/mol. The number of nitrogens with zero attached hydrogens (tertiary/aromatic N) is 7. The Morgan fingerprint density at radius 2 is 1.66 bits per heavy atom. The lowest BCUT2D eigenvalue weighted by atomic mass is 10.1. The van der Waals surface area contributed by atoms with Crippen molar-refractivity contribution in [2.75, 3.05) is 63.6 Å². The lowest BCUT2D eigenvalue weighted by Gasteiger charge is -2.38. The summed E-state index contributed by atoms with van der Waals surface area (Å²) in [6.45, 7) is 16.4. The summed E-state index contributed by atoms with van der Waals surface area (Å²) in [5.41, 5.74) is 3.67. The highest BCUT2D eigenvalue weighted by atomic mass is 16.2. The van der Waals surface area contributed by atoms with E-state index in [1.165, 1.54) is 0 Å². The Hall–Kier alpha value is -3.17. The number of hydrogen-bond acceptors (Lipinski definition) is 7. The molecule has 1 N–H and O–H groups in total. The molecule has 1 aromatic carbocycles. The van der Waals surface area contributed by atoms with E-state index < -0.39 is 0 Å². The van der Waals surface area contributed by atoms with Gasteiger partial charge in [-0.3, -0.25) is 24.0 Å². The van der Waals surface area contributed by atoms with Crippen molar-refractivity contribution in [3.05, 3.63) is 42.9 Å². The van der Waals surface area contributed by atoms with E-state index in [2.05, 4.69) is 77.0 Å². The summed E-state index contributed by atoms with van der Waals surface area (Å²) in [7, 11) is 4.05. The maximum absolute atomic E-state index is 13.5. The highest BCUT2D eigenvalue weighted by molar-refractivity contribution is 5.86. The third-order valence-corrected chi connectivity index (χ3v) is 7.50. The zero-order valence-electron chi connectivity index (χ0n) is 24.1. The molecule has 0 saturated carbocycles. The number of carbonyl (C=O) groups excluding carboxylic acids is 1. The van der Waals surface area contributed by atoms with Crippen molar-refractivity contribution in [3.8, 4) is 11.3 Å². The van der Waals surface area contributed by atoms with Crippen LogP contribution in [0.25, 0.3) is 16.9 Å². The Balaban J connectivity index is 1.42. The van der Waals surface area contributed by atoms with Crippen molar-refractivity contribution in [1.29, 1.82) is 0 Å². The maximum Gasteiger partial charge on any atom is 0.244 e. The average Bonchev–Trinajstić information content (AvgIpc) is 3.26. The Labute approximate surface area is 227 Å². The average molecular weight is 521 g/mol. The fraction of sp³-hybridized carbons (Fsp3) is 0.552. The summed E-state index contributed by atoms with van der Waals surface area (Å²) in [4.78, 5) is 31.6. The largest absolute Gasteiger partial charge is 0.378 e. The Morgan fingerprint density at radius 1 is 1.00 bits per heavy atom. The minimum Gasteiger partial charge on any atom is -0.378 e. The van der Waals surface area contributed by atoms with Gasteiger partial charge in [-0.05, 0) is 46.8 Å². The molecule has 0 radical (unpaired) electrons. The van der Waals surface area contributed by atoms with Gasteiger partial charge in [0.1, 0.15) is 17.6 Å². The number of hydrogen-bond donors (Lipinski definition) is 1. The van der Waals surface area contributed by atoms with Crippen molar-refractivity contribution in [2.24, 2.45) is 0 Å². The molecule has 38 heavy (non-hydrogen) atoms. The van der Waals surface area contributed by atoms with E-state index >= 15 is 0 Å². The van der Waals surface area contributed by atoms with Gasteiger partial charge in [0.15, 0.2) is 5.65 Å². The topological polar surface area (TPSA) is 72.2 Å². The molecule has 3 aromatic rings. The molecular weight excluding hydrogens is 476 g/mol. The van der Waals surface area contributed by atoms with Crippen LogP contribution in [0.3, 0.4) is 0 Å². The number of fused-ring (bicyclic) bond motifs is 1. The van der Waals surface area contributed by atoms with Crippen molar-refractivity contribution in [2.45, 2.75) is 52.7 Å². The standard InChI is InChI=1S/C29H44N8O/c1-21(2)36(22(3)4)19-16-34-14-17-35(18-15-34)29(38)23(5)31-28-27(32-26-20-30-12-13-37(26)28)24-8-10-25(11-9-24)33(6)7/h8-13,20-23,31H,14-19H2,1-7H3. The number of benzene rings is 1. The zero-order chi connectivity index (χ0) is 27.4. The second-order valence-electron chi connectivity index (χ2n) is 11.0. The molecule has 1 fully saturated rings. The van der Waals surface area contributed by atoms with Gasteiger partial charge >= 0.3 is 0 Å². The van der Waals surface area contributed by atoms with Gasteiger partial charge < -0.3 is 15.1 Å². The number of anilines is 2. The van der Waals surface area contributed by atoms with Crippen LogP contribution < -0.4 is 10.2 Å². The molecule has 2 aromatic heterocycles. The third-order valence-electron chi connectivity index (χ3n) is 7.50. The molecule has 1 aliphatic rings. The lowest BCUT2D eigenvalue weighted by Crippen LogP contribution is -2.53. The number of piperazine rings is 1. The van der Waals surface area contributed by atoms with Crippen LogP contribution in [0.5, 0.6) is 0 Å². The van der Waals surface area contributed by atoms with Gasteiger partial charge in [-0.15, -0.1) is 0 Å². The second-order valence-corrected chi connectivity index (χ2v) is 11.0. The molecule has 9 nitrogen and oxygen atoms in total. The molecular formula is C29H44N8O. The predicted octanol–water partition coefficient (Wildman–Crippen LogP) is 3.53. The summed E-state index contributed by atoms with van der Waals surface area (Å²) in [5, 5.41) is 3.49. The first-order chi connectivity index (χ1) is 18.2. The molecule has 0 spiro atoms. The zero-order valence-corrected chi connectivity index (χ0v) is 24.1. The molecule has 1 aliphatic heterocycles. The van der Waals surface area contributed by atoms with Crippen LogP contribution in [0, 0.1) is 0 Å². The number of rotatable bonds is 10. The fourth-order valence-corrected chi connectivity index (χ4v) is 5.27. The first-order valence-corrected chi connectivity index (χ1v) is 13.8. The van der Waals surface area contributed by atoms with Crippen molar-refractivity contribution in [3.63, 3.8) is 0 Å². The molecule has 0 aliphatic carbocycles. The van der Waals surface area contributed by atoms with Crippen LogP contribution in [-0.2, 0) is 4.79 Å². The molecule has 1 atom stereocenters. The van der Waals surface area contributed by atoms with Gasteiger partial charge in [0.2, 0.25) is 5.91 Å². The smallest absolute Gasteiger partial charge is 0.244 e. The van der Waals surface area contributed by atoms with Crippen LogP contribution >= 0.6 is 0 Å². The molecule has 1 saturated heterocycles. The third kappa shape index (κ3) is 6.27. The SMILES string of the molecule is CC(Nc1c(-c2ccc(N(C)C)cc2)nc2cnccn12)C(=O)N1CCN(CCN(C(C)C)C(C)C)CC1. The number of carbonyl (C=O) groups is 1. The van der Waals surface area contributed by atoms with Gasteiger partial charge in [-0.25, -0.2) is 4.98 Å². The van der Waals surface area contributed by atoms with E-state index in [9.17, 15) is 4.79 Å². The number of imidazole rings is 1. The summed E-state index contributed by atoms with van der Waals surface area (Å²) in [6, 6.07) is 9.00. The van der Waals surface area contributed by atoms with Gasteiger partial charge in [-0.1, -0.05) is 12.1 Å². The highest BCUT2D eigenvalue weighted by Crippen LogP contribution is 2.30. The molecule has 3 heterocycles. The summed E-state index contributed by atoms with van der Waals surface area (Å²) in [5.74, 6) is 0.926. The molecule has 0 bridgehead atoms. The normalized spacial score (nSPS) is 15.6. The van der Waals surface area contributed by atoms with Crippen molar-refractivity contribution >= 4 is 23.1 Å². The van der Waals surface area contributed by atoms with Gasteiger partial charge in [0.25, 0.3) is 0 Å². The van der Waals surface area contributed by atoms with Gasteiger partial charge in [0.05, 0.1) is 6.20 Å². The Kier molecular flexibility index (Phi) is 8.89. The van der Waals surface area contributed by atoms with Gasteiger partial charge in [0, 0.05) is 89.1 Å². The van der Waals surface area contributed by atoms with Crippen molar-refractivity contribution < 1.29 is 4.79 Å². The van der Waals surface area contributed by atoms with Crippen LogP contribution in [0.15, 0.2) is 42.9 Å². The summed E-state index contributed by atoms with van der Waals surface area (Å²) < 4.78 is 1.97. The van der Waals surface area contributed by atoms with E-state index in [-0.39, 0.29) is 11.9 Å². The Morgan fingerprint density at radius 3 is 2.26 bits per heavy atom. The number of amides is 1. The van der Waals surface area contributed by atoms with E-state index in [0.29, 0.717) is 12.1 Å². The minimum atomic E-state index is -0.383. The van der Waals surface area contributed by atoms with Crippen molar-refractivity contribution in [1.82, 2.24) is 29.1 Å². The van der Waals surface area contributed by atoms with E-state index in [0.717, 1.165) is 67.7 Å². The fourth-order valence-electron chi connectivity index (χ4n) is 5.27. The molecule has 4 rings (SSSR count). The minimum absolute atomic E-state index is 0.119. The van der Waals surface area contributed by atoms with Crippen LogP contribution in [0.1, 0.15) is 34.6 Å². The monoisotopic (exact) mass is 520 g/mol. The van der Waals surface area contributed by atoms with E-state index in [1.807, 2.05) is 36.5 Å².